The summed E-state index contributed by atoms with van der Waals surface area (Å²) in [5, 5.41) is 0.514. The lowest BCUT2D eigenvalue weighted by molar-refractivity contribution is 0.0524. The maximum atomic E-state index is 13.1. The molecule has 3 aromatic carbocycles. The molecule has 1 aliphatic carbocycles. The number of pyridine rings is 1. The summed E-state index contributed by atoms with van der Waals surface area (Å²) in [7, 11) is 0. The van der Waals surface area contributed by atoms with E-state index in [4.69, 9.17) is 9.47 Å². The Labute approximate surface area is 220 Å². The van der Waals surface area contributed by atoms with E-state index in [-0.39, 0.29) is 36.3 Å². The largest absolute Gasteiger partial charge is 0.462 e. The first kappa shape index (κ1) is 24.0. The molecule has 0 atom stereocenters. The van der Waals surface area contributed by atoms with Crippen molar-refractivity contribution in [1.29, 1.82) is 0 Å². The Bertz CT molecular complexity index is 1600. The second-order valence-electron chi connectivity index (χ2n) is 9.84. The second-order valence-corrected chi connectivity index (χ2v) is 9.84. The zero-order valence-corrected chi connectivity index (χ0v) is 21.2. The molecule has 7 nitrogen and oxygen atoms in total. The molecule has 1 fully saturated rings. The predicted octanol–water partition coefficient (Wildman–Crippen LogP) is 5.83. The minimum absolute atomic E-state index is 0.0794. The fourth-order valence-electron chi connectivity index (χ4n) is 5.05. The van der Waals surface area contributed by atoms with E-state index in [1.807, 2.05) is 53.1 Å². The summed E-state index contributed by atoms with van der Waals surface area (Å²) < 4.78 is 12.7. The van der Waals surface area contributed by atoms with E-state index >= 15 is 0 Å². The molecule has 38 heavy (non-hydrogen) atoms. The minimum atomic E-state index is -0.580. The molecule has 7 heteroatoms. The maximum absolute atomic E-state index is 13.1. The molecule has 0 spiro atoms. The van der Waals surface area contributed by atoms with Crippen LogP contribution >= 0.6 is 0 Å². The van der Waals surface area contributed by atoms with Crippen molar-refractivity contribution < 1.29 is 19.1 Å². The highest BCUT2D eigenvalue weighted by Gasteiger charge is 2.28. The smallest absolute Gasteiger partial charge is 0.410 e. The SMILES string of the molecule is CCOC(=O)c1cn(C2CC2)c2cc(-c3ccc4c(c3)CN(C(=O)OCc3ccccc3)C4)ccc2c1=O. The van der Waals surface area contributed by atoms with Gasteiger partial charge in [0.1, 0.15) is 12.2 Å². The van der Waals surface area contributed by atoms with Gasteiger partial charge in [-0.3, -0.25) is 9.69 Å². The van der Waals surface area contributed by atoms with Crippen LogP contribution in [0.2, 0.25) is 0 Å². The van der Waals surface area contributed by atoms with E-state index < -0.39 is 5.97 Å². The predicted molar refractivity (Wildman–Crippen MR) is 144 cm³/mol. The zero-order valence-electron chi connectivity index (χ0n) is 21.2. The number of carbonyl (C=O) groups excluding carboxylic acids is 2. The Kier molecular flexibility index (Phi) is 6.19. The molecule has 1 saturated carbocycles. The fourth-order valence-corrected chi connectivity index (χ4v) is 5.05. The molecule has 1 aliphatic heterocycles. The molecule has 2 heterocycles. The van der Waals surface area contributed by atoms with Crippen LogP contribution in [0.5, 0.6) is 0 Å². The molecular weight excluding hydrogens is 480 g/mol. The van der Waals surface area contributed by atoms with E-state index in [1.54, 1.807) is 24.1 Å². The van der Waals surface area contributed by atoms with Gasteiger partial charge in [0.15, 0.2) is 0 Å². The lowest BCUT2D eigenvalue weighted by Gasteiger charge is -2.15. The Morgan fingerprint density at radius 3 is 2.39 bits per heavy atom. The van der Waals surface area contributed by atoms with Gasteiger partial charge in [-0.2, -0.15) is 0 Å². The van der Waals surface area contributed by atoms with Gasteiger partial charge in [-0.1, -0.05) is 48.5 Å². The van der Waals surface area contributed by atoms with Crippen LogP contribution in [-0.2, 0) is 29.2 Å². The number of fused-ring (bicyclic) bond motifs is 2. The number of carbonyl (C=O) groups is 2. The zero-order chi connectivity index (χ0) is 26.2. The van der Waals surface area contributed by atoms with Gasteiger partial charge < -0.3 is 14.0 Å². The minimum Gasteiger partial charge on any atom is -0.462 e. The van der Waals surface area contributed by atoms with Crippen LogP contribution in [0, 0.1) is 0 Å². The number of aromatic nitrogens is 1. The van der Waals surface area contributed by atoms with E-state index in [2.05, 4.69) is 12.1 Å². The highest BCUT2D eigenvalue weighted by Crippen LogP contribution is 2.38. The molecule has 4 aromatic rings. The lowest BCUT2D eigenvalue weighted by atomic mass is 9.99. The van der Waals surface area contributed by atoms with Gasteiger partial charge in [0.2, 0.25) is 5.43 Å². The van der Waals surface area contributed by atoms with Gasteiger partial charge in [0, 0.05) is 30.7 Å². The fraction of sp³-hybridized carbons (Fsp3) is 0.258. The first-order chi connectivity index (χ1) is 18.5. The Morgan fingerprint density at radius 1 is 0.895 bits per heavy atom. The molecule has 0 radical (unpaired) electrons. The van der Waals surface area contributed by atoms with Crippen LogP contribution in [-0.4, -0.2) is 28.1 Å². The van der Waals surface area contributed by atoms with Gasteiger partial charge in [-0.05, 0) is 65.8 Å². The van der Waals surface area contributed by atoms with Gasteiger partial charge >= 0.3 is 12.1 Å². The first-order valence-corrected chi connectivity index (χ1v) is 13.0. The van der Waals surface area contributed by atoms with Crippen molar-refractivity contribution in [1.82, 2.24) is 9.47 Å². The summed E-state index contributed by atoms with van der Waals surface area (Å²) in [6.07, 6.45) is 3.35. The van der Waals surface area contributed by atoms with Gasteiger partial charge in [-0.15, -0.1) is 0 Å². The van der Waals surface area contributed by atoms with Crippen LogP contribution in [0.25, 0.3) is 22.0 Å². The quantitative estimate of drug-likeness (QED) is 0.306. The van der Waals surface area contributed by atoms with Crippen molar-refractivity contribution in [3.8, 4) is 11.1 Å². The third-order valence-electron chi connectivity index (χ3n) is 7.19. The molecule has 192 valence electrons. The van der Waals surface area contributed by atoms with Gasteiger partial charge in [-0.25, -0.2) is 9.59 Å². The van der Waals surface area contributed by atoms with Crippen LogP contribution < -0.4 is 5.43 Å². The molecule has 0 saturated heterocycles. The highest BCUT2D eigenvalue weighted by molar-refractivity contribution is 5.95. The van der Waals surface area contributed by atoms with Crippen LogP contribution in [0.1, 0.15) is 52.9 Å². The number of rotatable bonds is 6. The number of nitrogens with zero attached hydrogens (tertiary/aromatic N) is 2. The monoisotopic (exact) mass is 508 g/mol. The average Bonchev–Trinajstić information content (AvgIpc) is 3.69. The highest BCUT2D eigenvalue weighted by atomic mass is 16.6. The second kappa shape index (κ2) is 9.82. The standard InChI is InChI=1S/C31H28N2O5/c1-2-37-30(35)27-18-33(25-11-12-25)28-15-22(10-13-26(28)29(27)34)21-8-9-23-16-32(17-24(23)14-21)31(36)38-19-20-6-4-3-5-7-20/h3-10,13-15,18,25H,2,11-12,16-17,19H2,1H3. The summed E-state index contributed by atoms with van der Waals surface area (Å²) in [5.41, 5.74) is 5.70. The number of hydrogen-bond donors (Lipinski definition) is 0. The molecule has 0 N–H and O–H groups in total. The van der Waals surface area contributed by atoms with E-state index in [0.29, 0.717) is 18.5 Å². The van der Waals surface area contributed by atoms with Crippen molar-refractivity contribution in [2.24, 2.45) is 0 Å². The lowest BCUT2D eigenvalue weighted by Crippen LogP contribution is -2.25. The third-order valence-corrected chi connectivity index (χ3v) is 7.19. The molecule has 2 aliphatic rings. The van der Waals surface area contributed by atoms with Crippen molar-refractivity contribution in [2.75, 3.05) is 6.61 Å². The molecule has 1 amide bonds. The molecular formula is C31H28N2O5. The van der Waals surface area contributed by atoms with Crippen molar-refractivity contribution in [2.45, 2.75) is 45.5 Å². The summed E-state index contributed by atoms with van der Waals surface area (Å²) in [4.78, 5) is 39.9. The van der Waals surface area contributed by atoms with Crippen LogP contribution in [0.3, 0.4) is 0 Å². The molecule has 1 aromatic heterocycles. The van der Waals surface area contributed by atoms with Crippen molar-refractivity contribution in [3.05, 3.63) is 105 Å². The third kappa shape index (κ3) is 4.56. The summed E-state index contributed by atoms with van der Waals surface area (Å²) in [6.45, 7) is 3.20. The Morgan fingerprint density at radius 2 is 1.63 bits per heavy atom. The van der Waals surface area contributed by atoms with Crippen LogP contribution in [0.4, 0.5) is 4.79 Å². The summed E-state index contributed by atoms with van der Waals surface area (Å²) >= 11 is 0. The number of hydrogen-bond acceptors (Lipinski definition) is 5. The Balaban J connectivity index is 1.26. The molecule has 0 unspecified atom stereocenters. The van der Waals surface area contributed by atoms with Gasteiger partial charge in [0.25, 0.3) is 0 Å². The average molecular weight is 509 g/mol. The Hall–Kier alpha value is -4.39. The maximum Gasteiger partial charge on any atom is 0.410 e. The molecule has 0 bridgehead atoms. The summed E-state index contributed by atoms with van der Waals surface area (Å²) in [6, 6.07) is 21.9. The topological polar surface area (TPSA) is 77.8 Å². The van der Waals surface area contributed by atoms with Crippen molar-refractivity contribution in [3.63, 3.8) is 0 Å². The normalized spacial score (nSPS) is 14.4. The van der Waals surface area contributed by atoms with Gasteiger partial charge in [0.05, 0.1) is 12.1 Å². The summed E-state index contributed by atoms with van der Waals surface area (Å²) in [5.74, 6) is -0.580. The number of amides is 1. The first-order valence-electron chi connectivity index (χ1n) is 13.0. The number of ether oxygens (including phenoxy) is 2. The molecule has 6 rings (SSSR count). The van der Waals surface area contributed by atoms with E-state index in [9.17, 15) is 14.4 Å². The van der Waals surface area contributed by atoms with E-state index in [0.717, 1.165) is 46.2 Å². The van der Waals surface area contributed by atoms with Crippen molar-refractivity contribution >= 4 is 23.0 Å². The van der Waals surface area contributed by atoms with E-state index in [1.165, 1.54) is 0 Å². The van der Waals surface area contributed by atoms with Crippen LogP contribution in [0.15, 0.2) is 77.7 Å². The number of benzene rings is 3. The number of esters is 1.